The van der Waals surface area contributed by atoms with Gasteiger partial charge in [-0.05, 0) is 33.0 Å². The lowest BCUT2D eigenvalue weighted by Crippen LogP contribution is -2.38. The van der Waals surface area contributed by atoms with Crippen molar-refractivity contribution in [3.8, 4) is 0 Å². The van der Waals surface area contributed by atoms with Crippen molar-refractivity contribution >= 4 is 11.9 Å². The van der Waals surface area contributed by atoms with Gasteiger partial charge in [-0.1, -0.05) is 0 Å². The van der Waals surface area contributed by atoms with E-state index in [1.165, 1.54) is 12.3 Å². The summed E-state index contributed by atoms with van der Waals surface area (Å²) in [7, 11) is 1.81. The minimum absolute atomic E-state index is 0.0420. The predicted molar refractivity (Wildman–Crippen MR) is 70.8 cm³/mol. The molecule has 0 aliphatic rings. The molecule has 0 spiro atoms. The molecule has 104 valence electrons. The van der Waals surface area contributed by atoms with E-state index in [0.717, 1.165) is 5.69 Å². The van der Waals surface area contributed by atoms with Gasteiger partial charge in [0.25, 0.3) is 0 Å². The number of hydrogen-bond donors (Lipinski definition) is 2. The topological polar surface area (TPSA) is 82.5 Å². The number of rotatable bonds is 6. The Balaban J connectivity index is 2.50. The third kappa shape index (κ3) is 5.48. The van der Waals surface area contributed by atoms with E-state index in [4.69, 9.17) is 5.11 Å². The minimum atomic E-state index is -0.997. The Bertz CT molecular complexity index is 443. The van der Waals surface area contributed by atoms with Crippen LogP contribution >= 0.6 is 0 Å². The summed E-state index contributed by atoms with van der Waals surface area (Å²) in [4.78, 5) is 28.1. The van der Waals surface area contributed by atoms with E-state index in [2.05, 4.69) is 10.3 Å². The highest BCUT2D eigenvalue weighted by molar-refractivity contribution is 5.87. The van der Waals surface area contributed by atoms with Crippen LogP contribution in [0.25, 0.3) is 0 Å². The van der Waals surface area contributed by atoms with Crippen molar-refractivity contribution in [2.24, 2.45) is 0 Å². The third-order valence-electron chi connectivity index (χ3n) is 2.37. The molecule has 0 bridgehead atoms. The van der Waals surface area contributed by atoms with Gasteiger partial charge in [0.1, 0.15) is 0 Å². The molecule has 1 heterocycles. The Morgan fingerprint density at radius 1 is 1.42 bits per heavy atom. The Hall–Kier alpha value is -1.95. The van der Waals surface area contributed by atoms with Gasteiger partial charge in [-0.3, -0.25) is 14.7 Å². The molecular weight excluding hydrogens is 246 g/mol. The number of aromatic carboxylic acids is 1. The molecule has 0 aromatic carbocycles. The van der Waals surface area contributed by atoms with Crippen molar-refractivity contribution in [1.29, 1.82) is 0 Å². The van der Waals surface area contributed by atoms with Gasteiger partial charge in [0.2, 0.25) is 5.91 Å². The van der Waals surface area contributed by atoms with E-state index in [0.29, 0.717) is 6.54 Å². The second kappa shape index (κ2) is 6.84. The van der Waals surface area contributed by atoms with E-state index >= 15 is 0 Å². The molecule has 0 radical (unpaired) electrons. The maximum atomic E-state index is 11.5. The van der Waals surface area contributed by atoms with E-state index < -0.39 is 5.97 Å². The molecule has 0 unspecified atom stereocenters. The van der Waals surface area contributed by atoms with Gasteiger partial charge in [-0.15, -0.1) is 0 Å². The Morgan fingerprint density at radius 3 is 2.58 bits per heavy atom. The Morgan fingerprint density at radius 2 is 2.11 bits per heavy atom. The lowest BCUT2D eigenvalue weighted by Gasteiger charge is -2.17. The molecule has 2 N–H and O–H groups in total. The van der Waals surface area contributed by atoms with Crippen LogP contribution in [0, 0.1) is 0 Å². The maximum Gasteiger partial charge on any atom is 0.337 e. The zero-order valence-corrected chi connectivity index (χ0v) is 11.4. The largest absolute Gasteiger partial charge is 0.478 e. The van der Waals surface area contributed by atoms with Gasteiger partial charge in [0.15, 0.2) is 0 Å². The first kappa shape index (κ1) is 15.1. The molecule has 6 nitrogen and oxygen atoms in total. The molecule has 1 aromatic heterocycles. The van der Waals surface area contributed by atoms with Crippen molar-refractivity contribution in [2.45, 2.75) is 26.4 Å². The first-order chi connectivity index (χ1) is 8.88. The molecular formula is C13H19N3O3. The van der Waals surface area contributed by atoms with Gasteiger partial charge in [0, 0.05) is 18.8 Å². The number of carboxylic acid groups (broad SMARTS) is 1. The molecule has 6 heteroatoms. The summed E-state index contributed by atoms with van der Waals surface area (Å²) in [6.07, 6.45) is 1.32. The molecule has 1 aromatic rings. The number of hydrogen-bond acceptors (Lipinski definition) is 4. The summed E-state index contributed by atoms with van der Waals surface area (Å²) >= 11 is 0. The molecule has 0 fully saturated rings. The quantitative estimate of drug-likeness (QED) is 0.792. The molecule has 19 heavy (non-hydrogen) atoms. The zero-order chi connectivity index (χ0) is 14.4. The monoisotopic (exact) mass is 265 g/mol. The number of nitrogens with zero attached hydrogens (tertiary/aromatic N) is 2. The number of nitrogens with one attached hydrogen (secondary N) is 1. The van der Waals surface area contributed by atoms with E-state index in [1.807, 2.05) is 25.8 Å². The molecule has 0 atom stereocenters. The van der Waals surface area contributed by atoms with Gasteiger partial charge in [-0.25, -0.2) is 4.79 Å². The highest BCUT2D eigenvalue weighted by Crippen LogP contribution is 2.03. The van der Waals surface area contributed by atoms with Gasteiger partial charge < -0.3 is 10.4 Å². The molecule has 0 aliphatic carbocycles. The Labute approximate surface area is 112 Å². The summed E-state index contributed by atoms with van der Waals surface area (Å²) in [6, 6.07) is 3.28. The number of likely N-dealkylation sites (N-methyl/N-ethyl adjacent to an activating group) is 1. The molecule has 1 amide bonds. The molecule has 0 saturated carbocycles. The third-order valence-corrected chi connectivity index (χ3v) is 2.37. The van der Waals surface area contributed by atoms with Crippen molar-refractivity contribution in [3.05, 3.63) is 29.6 Å². The lowest BCUT2D eigenvalue weighted by molar-refractivity contribution is -0.122. The molecule has 0 saturated heterocycles. The van der Waals surface area contributed by atoms with Crippen LogP contribution in [0.1, 0.15) is 29.9 Å². The van der Waals surface area contributed by atoms with Crippen molar-refractivity contribution in [2.75, 3.05) is 13.6 Å². The van der Waals surface area contributed by atoms with Crippen molar-refractivity contribution in [1.82, 2.24) is 15.2 Å². The first-order valence-electron chi connectivity index (χ1n) is 6.04. The maximum absolute atomic E-state index is 11.5. The van der Waals surface area contributed by atoms with E-state index in [1.54, 1.807) is 6.07 Å². The zero-order valence-electron chi connectivity index (χ0n) is 11.4. The fraction of sp³-hybridized carbons (Fsp3) is 0.462. The van der Waals surface area contributed by atoms with Crippen LogP contribution in [-0.4, -0.2) is 46.5 Å². The smallest absolute Gasteiger partial charge is 0.337 e. The number of aromatic nitrogens is 1. The van der Waals surface area contributed by atoms with Crippen LogP contribution in [0.3, 0.4) is 0 Å². The predicted octanol–water partition coefficient (Wildman–Crippen LogP) is 0.736. The Kier molecular flexibility index (Phi) is 5.44. The number of carbonyl (C=O) groups excluding carboxylic acids is 1. The average molecular weight is 265 g/mol. The highest BCUT2D eigenvalue weighted by atomic mass is 16.4. The lowest BCUT2D eigenvalue weighted by atomic mass is 10.2. The SMILES string of the molecule is CC(C)NC(=O)CN(C)Cc1ccc(C(=O)O)cn1. The fourth-order valence-electron chi connectivity index (χ4n) is 1.59. The van der Waals surface area contributed by atoms with Crippen LogP contribution in [-0.2, 0) is 11.3 Å². The van der Waals surface area contributed by atoms with E-state index in [-0.39, 0.29) is 24.1 Å². The van der Waals surface area contributed by atoms with Gasteiger partial charge in [0.05, 0.1) is 17.8 Å². The highest BCUT2D eigenvalue weighted by Gasteiger charge is 2.09. The standard InChI is InChI=1S/C13H19N3O3/c1-9(2)15-12(17)8-16(3)7-11-5-4-10(6-14-11)13(18)19/h4-6,9H,7-8H2,1-3H3,(H,15,17)(H,18,19). The number of amides is 1. The first-order valence-corrected chi connectivity index (χ1v) is 6.04. The summed E-state index contributed by atoms with van der Waals surface area (Å²) in [6.45, 7) is 4.58. The minimum Gasteiger partial charge on any atom is -0.478 e. The van der Waals surface area contributed by atoms with Crippen molar-refractivity contribution < 1.29 is 14.7 Å². The molecule has 1 rings (SSSR count). The average Bonchev–Trinajstić information content (AvgIpc) is 2.27. The van der Waals surface area contributed by atoms with Crippen LogP contribution in [0.5, 0.6) is 0 Å². The number of carbonyl (C=O) groups is 2. The van der Waals surface area contributed by atoms with E-state index in [9.17, 15) is 9.59 Å². The van der Waals surface area contributed by atoms with Crippen molar-refractivity contribution in [3.63, 3.8) is 0 Å². The number of carboxylic acids is 1. The summed E-state index contributed by atoms with van der Waals surface area (Å²) in [5.41, 5.74) is 0.883. The second-order valence-corrected chi connectivity index (χ2v) is 4.74. The summed E-state index contributed by atoms with van der Waals surface area (Å²) < 4.78 is 0. The van der Waals surface area contributed by atoms with Gasteiger partial charge >= 0.3 is 5.97 Å². The normalized spacial score (nSPS) is 10.8. The number of pyridine rings is 1. The molecule has 0 aliphatic heterocycles. The van der Waals surface area contributed by atoms with Crippen LogP contribution in [0.2, 0.25) is 0 Å². The summed E-state index contributed by atoms with van der Waals surface area (Å²) in [5.74, 6) is -1.04. The second-order valence-electron chi connectivity index (χ2n) is 4.74. The summed E-state index contributed by atoms with van der Waals surface area (Å²) in [5, 5.41) is 11.6. The van der Waals surface area contributed by atoms with Gasteiger partial charge in [-0.2, -0.15) is 0 Å². The van der Waals surface area contributed by atoms with Crippen LogP contribution in [0.15, 0.2) is 18.3 Å². The van der Waals surface area contributed by atoms with Crippen LogP contribution < -0.4 is 5.32 Å². The fourth-order valence-corrected chi connectivity index (χ4v) is 1.59. The van der Waals surface area contributed by atoms with Crippen LogP contribution in [0.4, 0.5) is 0 Å².